The first-order chi connectivity index (χ1) is 11.3. The van der Waals surface area contributed by atoms with E-state index in [1.165, 1.54) is 0 Å². The van der Waals surface area contributed by atoms with Gasteiger partial charge in [0.15, 0.2) is 6.61 Å². The average Bonchev–Trinajstić information content (AvgIpc) is 2.49. The van der Waals surface area contributed by atoms with Gasteiger partial charge in [0.2, 0.25) is 0 Å². The van der Waals surface area contributed by atoms with Crippen LogP contribution in [0.2, 0.25) is 0 Å². The van der Waals surface area contributed by atoms with Crippen LogP contribution >= 0.6 is 0 Å². The Balaban J connectivity index is 1.97. The molecule has 0 aliphatic carbocycles. The van der Waals surface area contributed by atoms with Crippen molar-refractivity contribution in [3.05, 3.63) is 53.1 Å². The van der Waals surface area contributed by atoms with Crippen LogP contribution in [0.25, 0.3) is 0 Å². The number of carbonyl (C=O) groups excluding carboxylic acids is 1. The van der Waals surface area contributed by atoms with E-state index >= 15 is 0 Å². The monoisotopic (exact) mass is 327 g/mol. The molecule has 2 rings (SSSR count). The van der Waals surface area contributed by atoms with Crippen LogP contribution in [-0.4, -0.2) is 18.6 Å². The van der Waals surface area contributed by atoms with Crippen molar-refractivity contribution in [2.24, 2.45) is 0 Å². The Bertz CT molecular complexity index is 723. The van der Waals surface area contributed by atoms with E-state index in [-0.39, 0.29) is 18.6 Å². The van der Waals surface area contributed by atoms with Gasteiger partial charge in [-0.25, -0.2) is 0 Å². The lowest BCUT2D eigenvalue weighted by molar-refractivity contribution is -0.118. The number of aryl methyl sites for hydroxylation is 2. The number of anilines is 1. The zero-order valence-corrected chi connectivity index (χ0v) is 15.0. The molecule has 0 spiro atoms. The lowest BCUT2D eigenvalue weighted by Crippen LogP contribution is -2.20. The maximum Gasteiger partial charge on any atom is 0.262 e. The summed E-state index contributed by atoms with van der Waals surface area (Å²) in [7, 11) is 0. The summed E-state index contributed by atoms with van der Waals surface area (Å²) in [5.74, 6) is 1.28. The van der Waals surface area contributed by atoms with Crippen molar-refractivity contribution in [2.75, 3.05) is 11.9 Å². The van der Waals surface area contributed by atoms with Crippen LogP contribution in [-0.2, 0) is 4.79 Å². The molecule has 2 aromatic rings. The van der Waals surface area contributed by atoms with Crippen LogP contribution in [0.5, 0.6) is 11.5 Å². The third-order valence-corrected chi connectivity index (χ3v) is 3.61. The van der Waals surface area contributed by atoms with E-state index in [1.807, 2.05) is 58.9 Å². The molecule has 4 heteroatoms. The van der Waals surface area contributed by atoms with Crippen LogP contribution in [0.4, 0.5) is 5.69 Å². The van der Waals surface area contributed by atoms with Gasteiger partial charge in [0.1, 0.15) is 11.5 Å². The SMILES string of the molecule is Cc1cc(C)c(C)c(OCC(=O)Nc2cccc(OC(C)C)c2)c1. The Morgan fingerprint density at radius 1 is 1.12 bits per heavy atom. The van der Waals surface area contributed by atoms with Gasteiger partial charge in [-0.05, 0) is 69.5 Å². The summed E-state index contributed by atoms with van der Waals surface area (Å²) in [5, 5.41) is 2.83. The molecule has 4 nitrogen and oxygen atoms in total. The molecular formula is C20H25NO3. The number of hydrogen-bond acceptors (Lipinski definition) is 3. The molecule has 0 aromatic heterocycles. The Morgan fingerprint density at radius 2 is 1.88 bits per heavy atom. The van der Waals surface area contributed by atoms with Gasteiger partial charge in [0, 0.05) is 11.8 Å². The van der Waals surface area contributed by atoms with E-state index in [9.17, 15) is 4.79 Å². The van der Waals surface area contributed by atoms with Gasteiger partial charge in [-0.1, -0.05) is 12.1 Å². The standard InChI is InChI=1S/C20H25NO3/c1-13(2)24-18-8-6-7-17(11-18)21-20(22)12-23-19-10-14(3)9-15(4)16(19)5/h6-11,13H,12H2,1-5H3,(H,21,22). The average molecular weight is 327 g/mol. The van der Waals surface area contributed by atoms with Gasteiger partial charge in [-0.2, -0.15) is 0 Å². The number of hydrogen-bond donors (Lipinski definition) is 1. The summed E-state index contributed by atoms with van der Waals surface area (Å²) in [4.78, 5) is 12.1. The fourth-order valence-electron chi connectivity index (χ4n) is 2.41. The number of nitrogens with one attached hydrogen (secondary N) is 1. The number of ether oxygens (including phenoxy) is 2. The minimum Gasteiger partial charge on any atom is -0.491 e. The molecule has 24 heavy (non-hydrogen) atoms. The summed E-state index contributed by atoms with van der Waals surface area (Å²) in [6.45, 7) is 9.94. The molecule has 0 atom stereocenters. The molecule has 1 N–H and O–H groups in total. The highest BCUT2D eigenvalue weighted by Gasteiger charge is 2.08. The highest BCUT2D eigenvalue weighted by molar-refractivity contribution is 5.92. The van der Waals surface area contributed by atoms with Crippen molar-refractivity contribution in [3.63, 3.8) is 0 Å². The first kappa shape index (κ1) is 17.9. The Morgan fingerprint density at radius 3 is 2.58 bits per heavy atom. The van der Waals surface area contributed by atoms with Crippen molar-refractivity contribution in [3.8, 4) is 11.5 Å². The molecule has 0 radical (unpaired) electrons. The summed E-state index contributed by atoms with van der Waals surface area (Å²) in [6.07, 6.45) is 0.0896. The van der Waals surface area contributed by atoms with Gasteiger partial charge in [0.25, 0.3) is 5.91 Å². The van der Waals surface area contributed by atoms with Crippen molar-refractivity contribution < 1.29 is 14.3 Å². The third-order valence-electron chi connectivity index (χ3n) is 3.61. The van der Waals surface area contributed by atoms with Gasteiger partial charge in [0.05, 0.1) is 6.10 Å². The second kappa shape index (κ2) is 7.86. The van der Waals surface area contributed by atoms with Crippen LogP contribution in [0, 0.1) is 20.8 Å². The predicted molar refractivity (Wildman–Crippen MR) is 97.0 cm³/mol. The Hall–Kier alpha value is -2.49. The lowest BCUT2D eigenvalue weighted by atomic mass is 10.1. The minimum atomic E-state index is -0.199. The number of benzene rings is 2. The minimum absolute atomic E-state index is 0.0288. The van der Waals surface area contributed by atoms with Crippen LogP contribution in [0.15, 0.2) is 36.4 Å². The second-order valence-corrected chi connectivity index (χ2v) is 6.24. The summed E-state index contributed by atoms with van der Waals surface area (Å²) in [5.41, 5.74) is 4.02. The number of rotatable bonds is 6. The molecule has 1 amide bonds. The quantitative estimate of drug-likeness (QED) is 0.854. The molecule has 0 fully saturated rings. The highest BCUT2D eigenvalue weighted by Crippen LogP contribution is 2.23. The number of amides is 1. The Labute approximate surface area is 143 Å². The predicted octanol–water partition coefficient (Wildman–Crippen LogP) is 4.42. The fraction of sp³-hybridized carbons (Fsp3) is 0.350. The Kier molecular flexibility index (Phi) is 5.85. The van der Waals surface area contributed by atoms with Crippen LogP contribution in [0.1, 0.15) is 30.5 Å². The molecule has 128 valence electrons. The largest absolute Gasteiger partial charge is 0.491 e. The van der Waals surface area contributed by atoms with Crippen LogP contribution < -0.4 is 14.8 Å². The molecule has 0 heterocycles. The maximum atomic E-state index is 12.1. The van der Waals surface area contributed by atoms with Crippen molar-refractivity contribution in [1.82, 2.24) is 0 Å². The first-order valence-electron chi connectivity index (χ1n) is 8.12. The molecule has 0 aliphatic rings. The summed E-state index contributed by atoms with van der Waals surface area (Å²) in [6, 6.07) is 11.4. The topological polar surface area (TPSA) is 47.6 Å². The fourth-order valence-corrected chi connectivity index (χ4v) is 2.41. The summed E-state index contributed by atoms with van der Waals surface area (Å²) >= 11 is 0. The smallest absolute Gasteiger partial charge is 0.262 e. The van der Waals surface area contributed by atoms with E-state index in [4.69, 9.17) is 9.47 Å². The molecule has 0 saturated heterocycles. The van der Waals surface area contributed by atoms with Crippen molar-refractivity contribution in [2.45, 2.75) is 40.7 Å². The van der Waals surface area contributed by atoms with E-state index in [0.29, 0.717) is 5.69 Å². The second-order valence-electron chi connectivity index (χ2n) is 6.24. The van der Waals surface area contributed by atoms with Gasteiger partial charge in [-0.3, -0.25) is 4.79 Å². The van der Waals surface area contributed by atoms with E-state index < -0.39 is 0 Å². The van der Waals surface area contributed by atoms with Crippen LogP contribution in [0.3, 0.4) is 0 Å². The first-order valence-corrected chi connectivity index (χ1v) is 8.12. The highest BCUT2D eigenvalue weighted by atomic mass is 16.5. The summed E-state index contributed by atoms with van der Waals surface area (Å²) < 4.78 is 11.3. The van der Waals surface area contributed by atoms with Gasteiger partial charge in [-0.15, -0.1) is 0 Å². The van der Waals surface area contributed by atoms with Crippen molar-refractivity contribution >= 4 is 11.6 Å². The third kappa shape index (κ3) is 5.01. The normalized spacial score (nSPS) is 10.6. The van der Waals surface area contributed by atoms with E-state index in [0.717, 1.165) is 28.2 Å². The lowest BCUT2D eigenvalue weighted by Gasteiger charge is -2.13. The van der Waals surface area contributed by atoms with E-state index in [1.54, 1.807) is 6.07 Å². The van der Waals surface area contributed by atoms with Crippen molar-refractivity contribution in [1.29, 1.82) is 0 Å². The van der Waals surface area contributed by atoms with Gasteiger partial charge >= 0.3 is 0 Å². The maximum absolute atomic E-state index is 12.1. The molecule has 0 unspecified atom stereocenters. The molecule has 0 saturated carbocycles. The van der Waals surface area contributed by atoms with Gasteiger partial charge < -0.3 is 14.8 Å². The van der Waals surface area contributed by atoms with E-state index in [2.05, 4.69) is 11.4 Å². The molecule has 0 bridgehead atoms. The zero-order chi connectivity index (χ0) is 17.7. The zero-order valence-electron chi connectivity index (χ0n) is 15.0. The molecule has 2 aromatic carbocycles. The molecule has 0 aliphatic heterocycles. The molecular weight excluding hydrogens is 302 g/mol. The number of carbonyl (C=O) groups is 1.